The zero-order valence-electron chi connectivity index (χ0n) is 13.1. The van der Waals surface area contributed by atoms with Gasteiger partial charge in [-0.25, -0.2) is 9.78 Å². The number of carboxylic acid groups (broad SMARTS) is 1. The Morgan fingerprint density at radius 2 is 2.08 bits per heavy atom. The van der Waals surface area contributed by atoms with E-state index >= 15 is 0 Å². The number of aromatic nitrogens is 1. The first-order valence-electron chi connectivity index (χ1n) is 7.18. The molecule has 0 radical (unpaired) electrons. The number of fused-ring (bicyclic) bond motifs is 1. The molecule has 1 aromatic carbocycles. The Balaban J connectivity index is 1.82. The molecule has 0 amide bonds. The molecule has 1 atom stereocenters. The monoisotopic (exact) mass is 389 g/mol. The molecule has 138 valence electrons. The minimum Gasteiger partial charge on any atom is -0.485 e. The molecule has 0 saturated heterocycles. The lowest BCUT2D eigenvalue weighted by Gasteiger charge is -2.32. The molecular formula is C16H11ClF3NO5. The van der Waals surface area contributed by atoms with E-state index in [4.69, 9.17) is 30.9 Å². The molecule has 0 aliphatic carbocycles. The number of pyridine rings is 1. The maximum absolute atomic E-state index is 12.6. The van der Waals surface area contributed by atoms with E-state index in [1.54, 1.807) is 0 Å². The zero-order valence-corrected chi connectivity index (χ0v) is 13.9. The molecule has 10 heteroatoms. The normalized spacial score (nSPS) is 19.1. The molecule has 2 heterocycles. The second-order valence-electron chi connectivity index (χ2n) is 5.65. The van der Waals surface area contributed by atoms with Crippen molar-refractivity contribution >= 4 is 17.6 Å². The number of carboxylic acids is 1. The molecule has 1 aromatic heterocycles. The van der Waals surface area contributed by atoms with Gasteiger partial charge in [0.05, 0.1) is 5.56 Å². The Morgan fingerprint density at radius 3 is 2.69 bits per heavy atom. The number of rotatable bonds is 3. The van der Waals surface area contributed by atoms with Gasteiger partial charge in [-0.1, -0.05) is 11.6 Å². The fourth-order valence-corrected chi connectivity index (χ4v) is 2.31. The van der Waals surface area contributed by atoms with Crippen molar-refractivity contribution in [1.82, 2.24) is 4.98 Å². The highest BCUT2D eigenvalue weighted by molar-refractivity contribution is 6.31. The number of nitrogens with zero attached hydrogens (tertiary/aromatic N) is 1. The third-order valence-corrected chi connectivity index (χ3v) is 3.83. The van der Waals surface area contributed by atoms with Gasteiger partial charge in [-0.15, -0.1) is 0 Å². The molecule has 1 unspecified atom stereocenters. The van der Waals surface area contributed by atoms with Crippen molar-refractivity contribution in [1.29, 1.82) is 0 Å². The lowest BCUT2D eigenvalue weighted by atomic mass is 10.1. The SMILES string of the molecule is CC1(C(=O)O)COc2cc(Oc3ncc(C(F)(F)F)cc3Cl)ccc2O1. The smallest absolute Gasteiger partial charge is 0.417 e. The molecule has 26 heavy (non-hydrogen) atoms. The standard InChI is InChI=1S/C16H11ClF3NO5/c1-15(14(22)23)7-24-12-5-9(2-3-11(12)26-15)25-13-10(17)4-8(6-21-13)16(18,19)20/h2-6H,7H2,1H3,(H,22,23). The molecule has 0 spiro atoms. The van der Waals surface area contributed by atoms with Gasteiger partial charge in [0, 0.05) is 12.3 Å². The molecule has 0 fully saturated rings. The van der Waals surface area contributed by atoms with E-state index < -0.39 is 23.3 Å². The van der Waals surface area contributed by atoms with Crippen LogP contribution < -0.4 is 14.2 Å². The summed E-state index contributed by atoms with van der Waals surface area (Å²) < 4.78 is 54.0. The average molecular weight is 390 g/mol. The van der Waals surface area contributed by atoms with Crippen molar-refractivity contribution in [3.63, 3.8) is 0 Å². The fourth-order valence-electron chi connectivity index (χ4n) is 2.11. The molecule has 1 aliphatic heterocycles. The molecule has 1 N–H and O–H groups in total. The number of halogens is 4. The van der Waals surface area contributed by atoms with Crippen LogP contribution in [-0.2, 0) is 11.0 Å². The van der Waals surface area contributed by atoms with E-state index in [1.165, 1.54) is 25.1 Å². The van der Waals surface area contributed by atoms with Crippen molar-refractivity contribution in [2.24, 2.45) is 0 Å². The summed E-state index contributed by atoms with van der Waals surface area (Å²) in [5, 5.41) is 8.84. The Kier molecular flexibility index (Phi) is 4.35. The quantitative estimate of drug-likeness (QED) is 0.849. The van der Waals surface area contributed by atoms with Gasteiger partial charge >= 0.3 is 12.1 Å². The molecule has 3 rings (SSSR count). The highest BCUT2D eigenvalue weighted by atomic mass is 35.5. The van der Waals surface area contributed by atoms with Gasteiger partial charge in [-0.05, 0) is 25.1 Å². The van der Waals surface area contributed by atoms with Gasteiger partial charge in [-0.3, -0.25) is 0 Å². The minimum atomic E-state index is -4.57. The minimum absolute atomic E-state index is 0.181. The summed E-state index contributed by atoms with van der Waals surface area (Å²) in [5.74, 6) is -0.791. The van der Waals surface area contributed by atoms with Crippen LogP contribution in [0, 0.1) is 0 Å². The number of aliphatic carboxylic acids is 1. The average Bonchev–Trinajstić information content (AvgIpc) is 2.56. The van der Waals surface area contributed by atoms with Gasteiger partial charge in [-0.2, -0.15) is 13.2 Å². The van der Waals surface area contributed by atoms with Crippen molar-refractivity contribution < 1.29 is 37.3 Å². The van der Waals surface area contributed by atoms with Crippen LogP contribution in [0.25, 0.3) is 0 Å². The third-order valence-electron chi connectivity index (χ3n) is 3.56. The highest BCUT2D eigenvalue weighted by Gasteiger charge is 2.41. The van der Waals surface area contributed by atoms with Gasteiger partial charge < -0.3 is 19.3 Å². The van der Waals surface area contributed by atoms with E-state index in [9.17, 15) is 18.0 Å². The predicted molar refractivity (Wildman–Crippen MR) is 82.9 cm³/mol. The first-order valence-corrected chi connectivity index (χ1v) is 7.56. The second-order valence-corrected chi connectivity index (χ2v) is 6.05. The van der Waals surface area contributed by atoms with Gasteiger partial charge in [0.15, 0.2) is 11.5 Å². The maximum atomic E-state index is 12.6. The number of alkyl halides is 3. The first-order chi connectivity index (χ1) is 12.1. The fraction of sp³-hybridized carbons (Fsp3) is 0.250. The Bertz CT molecular complexity index is 873. The van der Waals surface area contributed by atoms with Crippen molar-refractivity contribution in [3.8, 4) is 23.1 Å². The number of carbonyl (C=O) groups is 1. The predicted octanol–water partition coefficient (Wildman–Crippen LogP) is 4.16. The van der Waals surface area contributed by atoms with Crippen LogP contribution in [0.1, 0.15) is 12.5 Å². The summed E-state index contributed by atoms with van der Waals surface area (Å²) in [6.45, 7) is 1.15. The summed E-state index contributed by atoms with van der Waals surface area (Å²) >= 11 is 5.79. The lowest BCUT2D eigenvalue weighted by Crippen LogP contribution is -2.49. The summed E-state index contributed by atoms with van der Waals surface area (Å²) in [7, 11) is 0. The van der Waals surface area contributed by atoms with E-state index in [0.717, 1.165) is 0 Å². The first kappa shape index (κ1) is 18.1. The number of benzene rings is 1. The van der Waals surface area contributed by atoms with Crippen LogP contribution in [0.3, 0.4) is 0 Å². The van der Waals surface area contributed by atoms with E-state index in [-0.39, 0.29) is 34.8 Å². The van der Waals surface area contributed by atoms with Crippen LogP contribution in [0.2, 0.25) is 5.02 Å². The third kappa shape index (κ3) is 3.48. The van der Waals surface area contributed by atoms with E-state index in [1.807, 2.05) is 0 Å². The molecule has 6 nitrogen and oxygen atoms in total. The van der Waals surface area contributed by atoms with E-state index in [2.05, 4.69) is 4.98 Å². The molecular weight excluding hydrogens is 379 g/mol. The lowest BCUT2D eigenvalue weighted by molar-refractivity contribution is -0.158. The maximum Gasteiger partial charge on any atom is 0.417 e. The van der Waals surface area contributed by atoms with Crippen LogP contribution in [0.15, 0.2) is 30.5 Å². The molecule has 0 bridgehead atoms. The topological polar surface area (TPSA) is 77.9 Å². The molecule has 0 saturated carbocycles. The van der Waals surface area contributed by atoms with Gasteiger partial charge in [0.1, 0.15) is 17.4 Å². The number of hydrogen-bond donors (Lipinski definition) is 1. The Labute approximate surface area is 150 Å². The molecule has 2 aromatic rings. The van der Waals surface area contributed by atoms with E-state index in [0.29, 0.717) is 12.3 Å². The highest BCUT2D eigenvalue weighted by Crippen LogP contribution is 2.40. The number of ether oxygens (including phenoxy) is 3. The summed E-state index contributed by atoms with van der Waals surface area (Å²) in [5.41, 5.74) is -2.52. The van der Waals surface area contributed by atoms with Crippen molar-refractivity contribution in [2.75, 3.05) is 6.61 Å². The number of hydrogen-bond acceptors (Lipinski definition) is 5. The van der Waals surface area contributed by atoms with Crippen LogP contribution in [0.5, 0.6) is 23.1 Å². The summed E-state index contributed by atoms with van der Waals surface area (Å²) in [6.07, 6.45) is -3.96. The van der Waals surface area contributed by atoms with Crippen molar-refractivity contribution in [3.05, 3.63) is 41.0 Å². The largest absolute Gasteiger partial charge is 0.485 e. The summed E-state index contributed by atoms with van der Waals surface area (Å²) in [6, 6.07) is 4.95. The molecule has 1 aliphatic rings. The summed E-state index contributed by atoms with van der Waals surface area (Å²) in [4.78, 5) is 14.8. The van der Waals surface area contributed by atoms with Gasteiger partial charge in [0.25, 0.3) is 0 Å². The van der Waals surface area contributed by atoms with Crippen LogP contribution >= 0.6 is 11.6 Å². The van der Waals surface area contributed by atoms with Crippen LogP contribution in [-0.4, -0.2) is 28.3 Å². The zero-order chi connectivity index (χ0) is 19.1. The Hall–Kier alpha value is -2.68. The van der Waals surface area contributed by atoms with Gasteiger partial charge in [0.2, 0.25) is 11.5 Å². The second kappa shape index (κ2) is 6.24. The Morgan fingerprint density at radius 1 is 1.35 bits per heavy atom. The van der Waals surface area contributed by atoms with Crippen molar-refractivity contribution in [2.45, 2.75) is 18.7 Å². The van der Waals surface area contributed by atoms with Crippen LogP contribution in [0.4, 0.5) is 13.2 Å².